The second kappa shape index (κ2) is 11.5. The van der Waals surface area contributed by atoms with Crippen LogP contribution in [0.15, 0.2) is 47.1 Å². The molecular formula is C27H27ClN6O4. The van der Waals surface area contributed by atoms with E-state index in [-0.39, 0.29) is 24.4 Å². The van der Waals surface area contributed by atoms with Gasteiger partial charge in [0.1, 0.15) is 23.0 Å². The van der Waals surface area contributed by atoms with Gasteiger partial charge in [0.25, 0.3) is 5.91 Å². The average molecular weight is 535 g/mol. The number of aromatic nitrogens is 3. The maximum atomic E-state index is 12.3. The van der Waals surface area contributed by atoms with E-state index in [0.717, 1.165) is 12.8 Å². The molecule has 0 spiro atoms. The van der Waals surface area contributed by atoms with E-state index in [2.05, 4.69) is 26.3 Å². The van der Waals surface area contributed by atoms with Crippen LogP contribution in [0.5, 0.6) is 5.75 Å². The maximum Gasteiger partial charge on any atom is 0.255 e. The third kappa shape index (κ3) is 5.25. The predicted molar refractivity (Wildman–Crippen MR) is 144 cm³/mol. The highest BCUT2D eigenvalue weighted by molar-refractivity contribution is 5.95. The molecule has 1 saturated heterocycles. The topological polar surface area (TPSA) is 126 Å². The van der Waals surface area contributed by atoms with Crippen molar-refractivity contribution < 1.29 is 18.7 Å². The summed E-state index contributed by atoms with van der Waals surface area (Å²) in [6, 6.07) is 11.4. The lowest BCUT2D eigenvalue weighted by molar-refractivity contribution is 0.0826. The number of nitrogens with one attached hydrogen (secondary N) is 1. The van der Waals surface area contributed by atoms with Gasteiger partial charge in [0.2, 0.25) is 0 Å². The number of pyridine rings is 3. The molecule has 0 bridgehead atoms. The normalized spacial score (nSPS) is 13.4. The van der Waals surface area contributed by atoms with Gasteiger partial charge in [-0.2, -0.15) is 5.26 Å². The van der Waals surface area contributed by atoms with Crippen LogP contribution in [0.4, 0.5) is 5.69 Å². The zero-order valence-corrected chi connectivity index (χ0v) is 22.0. The van der Waals surface area contributed by atoms with Crippen molar-refractivity contribution in [3.8, 4) is 34.5 Å². The van der Waals surface area contributed by atoms with Crippen LogP contribution in [0, 0.1) is 11.3 Å². The largest absolute Gasteiger partial charge is 0.494 e. The summed E-state index contributed by atoms with van der Waals surface area (Å²) < 4.78 is 17.1. The number of hydrogen-bond acceptors (Lipinski definition) is 9. The highest BCUT2D eigenvalue weighted by atomic mass is 35.5. The molecule has 10 nitrogen and oxygen atoms in total. The van der Waals surface area contributed by atoms with Crippen molar-refractivity contribution in [1.82, 2.24) is 19.9 Å². The number of carbonyl (C=O) groups excluding carboxylic acids is 1. The van der Waals surface area contributed by atoms with Crippen LogP contribution in [0.25, 0.3) is 33.8 Å². The highest BCUT2D eigenvalue weighted by Gasteiger charge is 2.21. The van der Waals surface area contributed by atoms with E-state index in [1.54, 1.807) is 38.5 Å². The average Bonchev–Trinajstić information content (AvgIpc) is 3.37. The molecule has 0 aromatic carbocycles. The van der Waals surface area contributed by atoms with Crippen LogP contribution < -0.4 is 10.1 Å². The Bertz CT molecular complexity index is 1510. The fourth-order valence-electron chi connectivity index (χ4n) is 4.29. The number of carbonyl (C=O) groups is 1. The zero-order valence-electron chi connectivity index (χ0n) is 21.2. The Morgan fingerprint density at radius 2 is 1.97 bits per heavy atom. The van der Waals surface area contributed by atoms with Gasteiger partial charge in [-0.3, -0.25) is 9.78 Å². The van der Waals surface area contributed by atoms with Gasteiger partial charge in [0.05, 0.1) is 24.1 Å². The van der Waals surface area contributed by atoms with Crippen LogP contribution in [0.1, 0.15) is 28.9 Å². The first-order valence-corrected chi connectivity index (χ1v) is 11.9. The van der Waals surface area contributed by atoms with Crippen molar-refractivity contribution in [2.45, 2.75) is 18.9 Å². The Kier molecular flexibility index (Phi) is 8.10. The van der Waals surface area contributed by atoms with Gasteiger partial charge in [-0.05, 0) is 37.1 Å². The van der Waals surface area contributed by atoms with Gasteiger partial charge in [0.15, 0.2) is 17.0 Å². The molecule has 1 amide bonds. The molecule has 5 heterocycles. The van der Waals surface area contributed by atoms with Crippen molar-refractivity contribution in [1.29, 1.82) is 5.26 Å². The maximum absolute atomic E-state index is 12.3. The molecule has 38 heavy (non-hydrogen) atoms. The van der Waals surface area contributed by atoms with Crippen molar-refractivity contribution in [3.05, 3.63) is 54.0 Å². The minimum atomic E-state index is -0.181. The van der Waals surface area contributed by atoms with Crippen LogP contribution in [-0.2, 0) is 4.74 Å². The van der Waals surface area contributed by atoms with Crippen LogP contribution >= 0.6 is 12.4 Å². The summed E-state index contributed by atoms with van der Waals surface area (Å²) in [7, 11) is 4.86. The van der Waals surface area contributed by atoms with Gasteiger partial charge >= 0.3 is 0 Å². The summed E-state index contributed by atoms with van der Waals surface area (Å²) in [4.78, 5) is 27.3. The molecule has 0 atom stereocenters. The first-order chi connectivity index (χ1) is 18.0. The monoisotopic (exact) mass is 534 g/mol. The fraction of sp³-hybridized carbons (Fsp3) is 0.296. The Labute approximate surface area is 226 Å². The number of nitriles is 1. The van der Waals surface area contributed by atoms with Gasteiger partial charge in [0, 0.05) is 57.4 Å². The third-order valence-corrected chi connectivity index (χ3v) is 6.23. The number of fused-ring (bicyclic) bond motifs is 1. The first-order valence-electron chi connectivity index (χ1n) is 11.9. The lowest BCUT2D eigenvalue weighted by Crippen LogP contribution is -2.28. The molecule has 1 fully saturated rings. The first kappa shape index (κ1) is 26.9. The Morgan fingerprint density at radius 3 is 2.68 bits per heavy atom. The van der Waals surface area contributed by atoms with E-state index in [0.29, 0.717) is 69.7 Å². The molecule has 0 saturated carbocycles. The number of methoxy groups -OCH3 is 1. The van der Waals surface area contributed by atoms with Crippen molar-refractivity contribution >= 4 is 35.1 Å². The molecule has 196 valence electrons. The van der Waals surface area contributed by atoms with E-state index in [9.17, 15) is 10.1 Å². The van der Waals surface area contributed by atoms with E-state index < -0.39 is 0 Å². The Hall–Kier alpha value is -4.20. The van der Waals surface area contributed by atoms with E-state index >= 15 is 0 Å². The van der Waals surface area contributed by atoms with Crippen molar-refractivity contribution in [3.63, 3.8) is 0 Å². The number of ether oxygens (including phenoxy) is 2. The number of furan rings is 1. The predicted octanol–water partition coefficient (Wildman–Crippen LogP) is 4.55. The summed E-state index contributed by atoms with van der Waals surface area (Å²) in [5.41, 5.74) is 4.27. The second-order valence-electron chi connectivity index (χ2n) is 8.89. The van der Waals surface area contributed by atoms with E-state index in [4.69, 9.17) is 13.9 Å². The Morgan fingerprint density at radius 1 is 1.18 bits per heavy atom. The molecular weight excluding hydrogens is 508 g/mol. The van der Waals surface area contributed by atoms with Gasteiger partial charge in [-0.25, -0.2) is 9.97 Å². The van der Waals surface area contributed by atoms with Crippen LogP contribution in [0.2, 0.25) is 0 Å². The van der Waals surface area contributed by atoms with Crippen LogP contribution in [0.3, 0.4) is 0 Å². The van der Waals surface area contributed by atoms with E-state index in [1.807, 2.05) is 12.1 Å². The number of halogens is 1. The summed E-state index contributed by atoms with van der Waals surface area (Å²) in [6.07, 6.45) is 4.93. The van der Waals surface area contributed by atoms with Crippen molar-refractivity contribution in [2.24, 2.45) is 0 Å². The van der Waals surface area contributed by atoms with E-state index in [1.165, 1.54) is 18.2 Å². The molecule has 0 aliphatic carbocycles. The molecule has 5 rings (SSSR count). The van der Waals surface area contributed by atoms with Crippen molar-refractivity contribution in [2.75, 3.05) is 39.7 Å². The number of hydrogen-bond donors (Lipinski definition) is 1. The summed E-state index contributed by atoms with van der Waals surface area (Å²) >= 11 is 0. The molecule has 1 aliphatic rings. The number of rotatable bonds is 6. The SMILES string of the molecule is COc1cc(C(=O)N(C)C)cnc1-c1cc2nccc(-c3ccc(NC4CCOCC4)c(C#N)n3)c2o1.Cl. The van der Waals surface area contributed by atoms with Gasteiger partial charge in [-0.15, -0.1) is 12.4 Å². The third-order valence-electron chi connectivity index (χ3n) is 6.23. The minimum Gasteiger partial charge on any atom is -0.494 e. The number of anilines is 1. The second-order valence-corrected chi connectivity index (χ2v) is 8.89. The number of amides is 1. The lowest BCUT2D eigenvalue weighted by Gasteiger charge is -2.24. The molecule has 0 unspecified atom stereocenters. The van der Waals surface area contributed by atoms with Crippen LogP contribution in [-0.4, -0.2) is 66.2 Å². The zero-order chi connectivity index (χ0) is 25.9. The fourth-order valence-corrected chi connectivity index (χ4v) is 4.29. The molecule has 4 aromatic rings. The lowest BCUT2D eigenvalue weighted by atomic mass is 10.1. The van der Waals surface area contributed by atoms with Gasteiger partial charge in [-0.1, -0.05) is 0 Å². The summed E-state index contributed by atoms with van der Waals surface area (Å²) in [5.74, 6) is 0.663. The minimum absolute atomic E-state index is 0. The molecule has 0 radical (unpaired) electrons. The highest BCUT2D eigenvalue weighted by Crippen LogP contribution is 2.36. The standard InChI is InChI=1S/C27H26N6O4.ClH/c1-33(2)27(34)16-12-23(35-3)25(30-15-16)24-13-21-26(37-24)18(6-9-29-21)19-4-5-20(22(14-28)32-19)31-17-7-10-36-11-8-17;/h4-6,9,12-13,15,17,31H,7-8,10-11H2,1-3H3;1H. The number of nitrogens with zero attached hydrogens (tertiary/aromatic N) is 5. The molecule has 4 aromatic heterocycles. The Balaban J connectivity index is 0.00000336. The molecule has 1 aliphatic heterocycles. The molecule has 11 heteroatoms. The smallest absolute Gasteiger partial charge is 0.255 e. The summed E-state index contributed by atoms with van der Waals surface area (Å²) in [6.45, 7) is 1.41. The summed E-state index contributed by atoms with van der Waals surface area (Å²) in [5, 5.41) is 13.2. The molecule has 1 N–H and O–H groups in total. The van der Waals surface area contributed by atoms with Gasteiger partial charge < -0.3 is 24.1 Å². The quantitative estimate of drug-likeness (QED) is 0.379.